The fraction of sp³-hybridized carbons (Fsp3) is 0.391. The van der Waals surface area contributed by atoms with Crippen LogP contribution < -0.4 is 11.1 Å². The van der Waals surface area contributed by atoms with Gasteiger partial charge in [-0.3, -0.25) is 17.5 Å². The van der Waals surface area contributed by atoms with Crippen molar-refractivity contribution in [2.45, 2.75) is 59.5 Å². The minimum Gasteiger partial charge on any atom is -0.268 e. The molecule has 0 bridgehead atoms. The minimum atomic E-state index is 0.132. The first-order chi connectivity index (χ1) is 14.0. The lowest BCUT2D eigenvalue weighted by molar-refractivity contribution is 0.557. The van der Waals surface area contributed by atoms with Crippen LogP contribution in [0, 0.1) is 20.8 Å². The van der Waals surface area contributed by atoms with Gasteiger partial charge in [-0.15, -0.1) is 0 Å². The topological polar surface area (TPSA) is 44.0 Å². The summed E-state index contributed by atoms with van der Waals surface area (Å²) in [5.74, 6) is 0. The van der Waals surface area contributed by atoms with E-state index in [9.17, 15) is 9.59 Å². The monoisotopic (exact) mass is 426 g/mol. The molecule has 0 spiro atoms. The predicted octanol–water partition coefficient (Wildman–Crippen LogP) is 5.63. The van der Waals surface area contributed by atoms with Gasteiger partial charge >= 0.3 is 0 Å². The van der Waals surface area contributed by atoms with Gasteiger partial charge in [0.25, 0.3) is 11.1 Å². The Hall–Kier alpha value is -2.18. The second-order valence-corrected chi connectivity index (χ2v) is 9.89. The van der Waals surface area contributed by atoms with Crippen LogP contribution in [0.5, 0.6) is 0 Å². The molecule has 2 aromatic carbocycles. The van der Waals surface area contributed by atoms with Crippen LogP contribution in [0.25, 0.3) is 20.2 Å². The minimum absolute atomic E-state index is 0.132. The summed E-state index contributed by atoms with van der Waals surface area (Å²) >= 11 is 3.16. The molecule has 4 aromatic rings. The second kappa shape index (κ2) is 8.28. The molecular weight excluding hydrogens is 400 g/mol. The van der Waals surface area contributed by atoms with Gasteiger partial charge in [0.2, 0.25) is 0 Å². The lowest BCUT2D eigenvalue weighted by Crippen LogP contribution is -2.13. The normalized spacial score (nSPS) is 11.7. The van der Waals surface area contributed by atoms with E-state index in [4.69, 9.17) is 0 Å². The Bertz CT molecular complexity index is 1290. The molecule has 0 unspecified atom stereocenters. The number of hydrogen-bond donors (Lipinski definition) is 0. The van der Waals surface area contributed by atoms with Gasteiger partial charge in [0.1, 0.15) is 0 Å². The number of hydrogen-bond acceptors (Lipinski definition) is 4. The molecule has 0 N–H and O–H groups in total. The number of nitrogens with zero attached hydrogens (tertiary/aromatic N) is 2. The summed E-state index contributed by atoms with van der Waals surface area (Å²) in [5, 5.41) is 1.67. The van der Waals surface area contributed by atoms with E-state index in [0.29, 0.717) is 0 Å². The molecule has 0 saturated heterocycles. The smallest absolute Gasteiger partial charge is 0.268 e. The molecule has 2 aromatic heterocycles. The van der Waals surface area contributed by atoms with E-state index in [2.05, 4.69) is 26.8 Å². The first-order valence-corrected chi connectivity index (χ1v) is 11.7. The van der Waals surface area contributed by atoms with Crippen LogP contribution in [0.4, 0.5) is 0 Å². The van der Waals surface area contributed by atoms with Crippen molar-refractivity contribution in [3.63, 3.8) is 0 Å². The number of rotatable bonds is 7. The third-order valence-electron chi connectivity index (χ3n) is 5.61. The summed E-state index contributed by atoms with van der Waals surface area (Å²) in [6.07, 6.45) is 4.12. The van der Waals surface area contributed by atoms with E-state index >= 15 is 0 Å². The average molecular weight is 427 g/mol. The summed E-state index contributed by atoms with van der Waals surface area (Å²) in [4.78, 5) is 25.0. The summed E-state index contributed by atoms with van der Waals surface area (Å²) in [6, 6.07) is 10.0. The van der Waals surface area contributed by atoms with E-state index in [-0.39, 0.29) is 11.1 Å². The van der Waals surface area contributed by atoms with E-state index in [1.807, 2.05) is 32.2 Å². The Balaban J connectivity index is 1.31. The number of aryl methyl sites for hydroxylation is 5. The first kappa shape index (κ1) is 20.1. The van der Waals surface area contributed by atoms with Crippen LogP contribution >= 0.6 is 23.1 Å². The van der Waals surface area contributed by atoms with Crippen LogP contribution in [0.15, 0.2) is 39.9 Å². The van der Waals surface area contributed by atoms with Gasteiger partial charge in [0.15, 0.2) is 0 Å². The largest absolute Gasteiger partial charge is 0.268 e. The van der Waals surface area contributed by atoms with Crippen molar-refractivity contribution in [2.75, 3.05) is 0 Å². The highest BCUT2D eigenvalue weighted by Gasteiger charge is 2.11. The highest BCUT2D eigenvalue weighted by atomic mass is 32.1. The molecule has 0 saturated carbocycles. The van der Waals surface area contributed by atoms with Crippen LogP contribution in [0.3, 0.4) is 0 Å². The molecule has 0 fully saturated rings. The average Bonchev–Trinajstić information content (AvgIpc) is 3.18. The Morgan fingerprint density at radius 3 is 2.10 bits per heavy atom. The zero-order valence-electron chi connectivity index (χ0n) is 17.2. The fourth-order valence-electron chi connectivity index (χ4n) is 3.70. The first-order valence-electron chi connectivity index (χ1n) is 10.2. The maximum absolute atomic E-state index is 12.6. The molecular formula is C23H26N2O2S2. The number of benzene rings is 2. The van der Waals surface area contributed by atoms with E-state index in [1.54, 1.807) is 23.1 Å². The summed E-state index contributed by atoms with van der Waals surface area (Å²) in [6.45, 7) is 7.79. The van der Waals surface area contributed by atoms with Crippen molar-refractivity contribution in [2.24, 2.45) is 0 Å². The summed E-state index contributed by atoms with van der Waals surface area (Å²) < 4.78 is 5.97. The number of aromatic nitrogens is 2. The Morgan fingerprint density at radius 2 is 1.38 bits per heavy atom. The third-order valence-corrected chi connectivity index (χ3v) is 7.99. The summed E-state index contributed by atoms with van der Waals surface area (Å²) in [5.41, 5.74) is 3.91. The number of unbranched alkanes of at least 4 members (excludes halogenated alkanes) is 3. The molecule has 6 heteroatoms. The van der Waals surface area contributed by atoms with Crippen molar-refractivity contribution in [3.8, 4) is 0 Å². The number of fused-ring (bicyclic) bond motifs is 2. The van der Waals surface area contributed by atoms with Crippen molar-refractivity contribution in [1.29, 1.82) is 0 Å². The van der Waals surface area contributed by atoms with E-state index in [1.165, 1.54) is 16.7 Å². The van der Waals surface area contributed by atoms with Crippen LogP contribution in [0.1, 0.15) is 42.4 Å². The van der Waals surface area contributed by atoms with Gasteiger partial charge in [-0.2, -0.15) is 0 Å². The van der Waals surface area contributed by atoms with Gasteiger partial charge < -0.3 is 0 Å². The SMILES string of the molecule is Cc1ccc2c(=O)n(CCCCCCn3sc4c(C)c(C)ccc4c3=O)sc2c1. The lowest BCUT2D eigenvalue weighted by Gasteiger charge is -2.02. The standard InChI is InChI=1S/C23H26N2O2S2/c1-15-8-10-18-20(14-15)28-24(22(18)26)12-6-4-5-7-13-25-23(27)19-11-9-16(2)17(3)21(19)29-25/h8-11,14H,4-7,12-13H2,1-3H3. The second-order valence-electron chi connectivity index (χ2n) is 7.80. The molecule has 29 heavy (non-hydrogen) atoms. The quantitative estimate of drug-likeness (QED) is 0.360. The zero-order chi connectivity index (χ0) is 20.5. The van der Waals surface area contributed by atoms with Crippen molar-refractivity contribution >= 4 is 43.2 Å². The molecule has 0 aliphatic carbocycles. The molecule has 4 nitrogen and oxygen atoms in total. The summed E-state index contributed by atoms with van der Waals surface area (Å²) in [7, 11) is 0. The highest BCUT2D eigenvalue weighted by molar-refractivity contribution is 7.14. The Labute approximate surface area is 178 Å². The van der Waals surface area contributed by atoms with E-state index < -0.39 is 0 Å². The van der Waals surface area contributed by atoms with Crippen molar-refractivity contribution in [1.82, 2.24) is 7.91 Å². The van der Waals surface area contributed by atoms with Crippen LogP contribution in [-0.2, 0) is 13.1 Å². The van der Waals surface area contributed by atoms with Gasteiger partial charge in [0.05, 0.1) is 20.2 Å². The molecule has 0 aliphatic heterocycles. The molecule has 152 valence electrons. The van der Waals surface area contributed by atoms with Gasteiger partial charge in [0, 0.05) is 13.1 Å². The Kier molecular flexibility index (Phi) is 5.74. The molecule has 4 rings (SSSR count). The van der Waals surface area contributed by atoms with E-state index in [0.717, 1.165) is 58.9 Å². The fourth-order valence-corrected chi connectivity index (χ4v) is 6.00. The molecule has 0 atom stereocenters. The van der Waals surface area contributed by atoms with Gasteiger partial charge in [-0.25, -0.2) is 0 Å². The van der Waals surface area contributed by atoms with Crippen LogP contribution in [-0.4, -0.2) is 7.91 Å². The molecule has 2 heterocycles. The van der Waals surface area contributed by atoms with Crippen LogP contribution in [0.2, 0.25) is 0 Å². The zero-order valence-corrected chi connectivity index (χ0v) is 18.8. The maximum atomic E-state index is 12.6. The van der Waals surface area contributed by atoms with Crippen molar-refractivity contribution < 1.29 is 0 Å². The predicted molar refractivity (Wildman–Crippen MR) is 125 cm³/mol. The van der Waals surface area contributed by atoms with Gasteiger partial charge in [-0.05, 0) is 68.5 Å². The Morgan fingerprint density at radius 1 is 0.759 bits per heavy atom. The van der Waals surface area contributed by atoms with Gasteiger partial charge in [-0.1, -0.05) is 48.0 Å². The molecule has 0 aliphatic rings. The molecule has 0 amide bonds. The van der Waals surface area contributed by atoms with Crippen molar-refractivity contribution in [3.05, 3.63) is 67.7 Å². The molecule has 0 radical (unpaired) electrons. The highest BCUT2D eigenvalue weighted by Crippen LogP contribution is 2.24. The third kappa shape index (κ3) is 3.96. The lowest BCUT2D eigenvalue weighted by atomic mass is 10.1. The maximum Gasteiger partial charge on any atom is 0.268 e.